The zero-order chi connectivity index (χ0) is 19.8. The summed E-state index contributed by atoms with van der Waals surface area (Å²) in [4.78, 5) is 18.9. The summed E-state index contributed by atoms with van der Waals surface area (Å²) in [5, 5.41) is 6.45. The summed E-state index contributed by atoms with van der Waals surface area (Å²) in [6.07, 6.45) is 3.88. The number of hydrogen-bond donors (Lipinski definition) is 2. The van der Waals surface area contributed by atoms with E-state index in [1.165, 1.54) is 0 Å². The smallest absolute Gasteiger partial charge is 0.234 e. The molecule has 1 aromatic heterocycles. The number of carbonyl (C=O) groups is 1. The number of aromatic nitrogens is 1. The molecule has 0 bridgehead atoms. The van der Waals surface area contributed by atoms with E-state index in [-0.39, 0.29) is 30.5 Å². The first-order valence-corrected chi connectivity index (χ1v) is 9.92. The normalized spacial score (nSPS) is 17.0. The first-order chi connectivity index (χ1) is 13.6. The van der Waals surface area contributed by atoms with E-state index in [2.05, 4.69) is 38.7 Å². The SMILES string of the molecule is CC(C)OCc1ccc(CNC(=O)CN2CCNCC2c2cccnc2)cc1.Cl. The summed E-state index contributed by atoms with van der Waals surface area (Å²) in [6.45, 7) is 8.17. The lowest BCUT2D eigenvalue weighted by Crippen LogP contribution is -2.49. The molecule has 0 aliphatic carbocycles. The van der Waals surface area contributed by atoms with Gasteiger partial charge in [0.05, 0.1) is 19.3 Å². The van der Waals surface area contributed by atoms with Crippen LogP contribution < -0.4 is 10.6 Å². The molecule has 2 aromatic rings. The van der Waals surface area contributed by atoms with Gasteiger partial charge in [0.15, 0.2) is 0 Å². The van der Waals surface area contributed by atoms with Crippen LogP contribution in [0.25, 0.3) is 0 Å². The summed E-state index contributed by atoms with van der Waals surface area (Å²) in [5.41, 5.74) is 3.37. The summed E-state index contributed by atoms with van der Waals surface area (Å²) in [6, 6.07) is 12.4. The Morgan fingerprint density at radius 3 is 2.72 bits per heavy atom. The molecule has 0 radical (unpaired) electrons. The minimum absolute atomic E-state index is 0. The topological polar surface area (TPSA) is 66.5 Å². The number of nitrogens with one attached hydrogen (secondary N) is 2. The molecule has 2 heterocycles. The van der Waals surface area contributed by atoms with Crippen molar-refractivity contribution in [2.75, 3.05) is 26.2 Å². The quantitative estimate of drug-likeness (QED) is 0.690. The number of piperazine rings is 1. The average Bonchev–Trinajstić information content (AvgIpc) is 2.72. The molecule has 1 saturated heterocycles. The maximum absolute atomic E-state index is 12.5. The van der Waals surface area contributed by atoms with Gasteiger partial charge in [0.2, 0.25) is 5.91 Å². The van der Waals surface area contributed by atoms with Gasteiger partial charge in [0.1, 0.15) is 0 Å². The molecular weight excluding hydrogens is 388 g/mol. The fraction of sp³-hybridized carbons (Fsp3) is 0.455. The zero-order valence-corrected chi connectivity index (χ0v) is 18.0. The molecule has 3 rings (SSSR count). The third kappa shape index (κ3) is 7.40. The van der Waals surface area contributed by atoms with Gasteiger partial charge in [-0.05, 0) is 36.6 Å². The molecule has 158 valence electrons. The second-order valence-corrected chi connectivity index (χ2v) is 7.43. The Hall–Kier alpha value is -1.99. The van der Waals surface area contributed by atoms with Gasteiger partial charge in [0.25, 0.3) is 0 Å². The van der Waals surface area contributed by atoms with Crippen molar-refractivity contribution in [2.24, 2.45) is 0 Å². The molecule has 1 amide bonds. The molecule has 1 aliphatic rings. The van der Waals surface area contributed by atoms with Gasteiger partial charge in [-0.2, -0.15) is 0 Å². The lowest BCUT2D eigenvalue weighted by Gasteiger charge is -2.35. The van der Waals surface area contributed by atoms with Crippen LogP contribution in [0.1, 0.15) is 36.6 Å². The van der Waals surface area contributed by atoms with Gasteiger partial charge in [-0.25, -0.2) is 0 Å². The second-order valence-electron chi connectivity index (χ2n) is 7.43. The van der Waals surface area contributed by atoms with Crippen molar-refractivity contribution in [3.63, 3.8) is 0 Å². The molecule has 0 saturated carbocycles. The average molecular weight is 419 g/mol. The van der Waals surface area contributed by atoms with Crippen LogP contribution in [-0.4, -0.2) is 48.1 Å². The third-order valence-electron chi connectivity index (χ3n) is 4.87. The van der Waals surface area contributed by atoms with E-state index in [0.717, 1.165) is 36.3 Å². The van der Waals surface area contributed by atoms with Crippen molar-refractivity contribution < 1.29 is 9.53 Å². The lowest BCUT2D eigenvalue weighted by atomic mass is 10.1. The number of nitrogens with zero attached hydrogens (tertiary/aromatic N) is 2. The van der Waals surface area contributed by atoms with Crippen LogP contribution in [0.5, 0.6) is 0 Å². The van der Waals surface area contributed by atoms with E-state index in [4.69, 9.17) is 4.74 Å². The van der Waals surface area contributed by atoms with E-state index < -0.39 is 0 Å². The third-order valence-corrected chi connectivity index (χ3v) is 4.87. The Labute approximate surface area is 179 Å². The fourth-order valence-electron chi connectivity index (χ4n) is 3.29. The number of ether oxygens (including phenoxy) is 1. The van der Waals surface area contributed by atoms with Crippen LogP contribution in [0.3, 0.4) is 0 Å². The largest absolute Gasteiger partial charge is 0.374 e. The second kappa shape index (κ2) is 11.9. The fourth-order valence-corrected chi connectivity index (χ4v) is 3.29. The number of hydrogen-bond acceptors (Lipinski definition) is 5. The Bertz CT molecular complexity index is 740. The highest BCUT2D eigenvalue weighted by Gasteiger charge is 2.25. The Balaban J connectivity index is 0.00000300. The van der Waals surface area contributed by atoms with Crippen molar-refractivity contribution in [3.05, 3.63) is 65.5 Å². The minimum Gasteiger partial charge on any atom is -0.374 e. The Kier molecular flexibility index (Phi) is 9.54. The monoisotopic (exact) mass is 418 g/mol. The molecule has 1 unspecified atom stereocenters. The summed E-state index contributed by atoms with van der Waals surface area (Å²) in [5.74, 6) is 0.0445. The van der Waals surface area contributed by atoms with Crippen molar-refractivity contribution in [1.82, 2.24) is 20.5 Å². The molecular formula is C22H31ClN4O2. The number of rotatable bonds is 8. The molecule has 7 heteroatoms. The molecule has 1 fully saturated rings. The standard InChI is InChI=1S/C22H30N4O2.ClH/c1-17(2)28-16-19-7-5-18(6-8-19)12-25-22(27)15-26-11-10-24-14-21(26)20-4-3-9-23-13-20;/h3-9,13,17,21,24H,10-12,14-16H2,1-2H3,(H,25,27);1H. The minimum atomic E-state index is 0. The van der Waals surface area contributed by atoms with Crippen LogP contribution in [0, 0.1) is 0 Å². The van der Waals surface area contributed by atoms with Crippen molar-refractivity contribution in [2.45, 2.75) is 39.1 Å². The first kappa shape index (κ1) is 23.3. The van der Waals surface area contributed by atoms with Gasteiger partial charge in [0, 0.05) is 44.6 Å². The number of pyridine rings is 1. The molecule has 1 aromatic carbocycles. The van der Waals surface area contributed by atoms with E-state index in [1.807, 2.05) is 38.2 Å². The van der Waals surface area contributed by atoms with Crippen molar-refractivity contribution in [3.8, 4) is 0 Å². The molecule has 1 atom stereocenters. The van der Waals surface area contributed by atoms with Crippen molar-refractivity contribution in [1.29, 1.82) is 0 Å². The number of carbonyl (C=O) groups excluding carboxylic acids is 1. The first-order valence-electron chi connectivity index (χ1n) is 9.92. The van der Waals surface area contributed by atoms with E-state index in [9.17, 15) is 4.79 Å². The van der Waals surface area contributed by atoms with Crippen LogP contribution in [0.4, 0.5) is 0 Å². The van der Waals surface area contributed by atoms with E-state index >= 15 is 0 Å². The van der Waals surface area contributed by atoms with Gasteiger partial charge in [-0.1, -0.05) is 30.3 Å². The number of halogens is 1. The van der Waals surface area contributed by atoms with E-state index in [0.29, 0.717) is 19.7 Å². The highest BCUT2D eigenvalue weighted by Crippen LogP contribution is 2.20. The summed E-state index contributed by atoms with van der Waals surface area (Å²) < 4.78 is 5.61. The van der Waals surface area contributed by atoms with Gasteiger partial charge in [-0.15, -0.1) is 12.4 Å². The molecule has 29 heavy (non-hydrogen) atoms. The highest BCUT2D eigenvalue weighted by atomic mass is 35.5. The van der Waals surface area contributed by atoms with Crippen LogP contribution >= 0.6 is 12.4 Å². The maximum Gasteiger partial charge on any atom is 0.234 e. The Morgan fingerprint density at radius 2 is 2.03 bits per heavy atom. The maximum atomic E-state index is 12.5. The Morgan fingerprint density at radius 1 is 1.28 bits per heavy atom. The predicted octanol–water partition coefficient (Wildman–Crippen LogP) is 2.69. The summed E-state index contributed by atoms with van der Waals surface area (Å²) in [7, 11) is 0. The molecule has 0 spiro atoms. The molecule has 6 nitrogen and oxygen atoms in total. The number of benzene rings is 1. The summed E-state index contributed by atoms with van der Waals surface area (Å²) >= 11 is 0. The zero-order valence-electron chi connectivity index (χ0n) is 17.1. The van der Waals surface area contributed by atoms with Gasteiger partial charge < -0.3 is 15.4 Å². The number of amides is 1. The molecule has 1 aliphatic heterocycles. The van der Waals surface area contributed by atoms with E-state index in [1.54, 1.807) is 6.20 Å². The van der Waals surface area contributed by atoms with Gasteiger partial charge in [-0.3, -0.25) is 14.7 Å². The van der Waals surface area contributed by atoms with Crippen LogP contribution in [0.2, 0.25) is 0 Å². The lowest BCUT2D eigenvalue weighted by molar-refractivity contribution is -0.123. The van der Waals surface area contributed by atoms with Crippen molar-refractivity contribution >= 4 is 18.3 Å². The predicted molar refractivity (Wildman–Crippen MR) is 117 cm³/mol. The molecule has 2 N–H and O–H groups in total. The van der Waals surface area contributed by atoms with Gasteiger partial charge >= 0.3 is 0 Å². The van der Waals surface area contributed by atoms with Crippen LogP contribution in [0.15, 0.2) is 48.8 Å². The highest BCUT2D eigenvalue weighted by molar-refractivity contribution is 5.85. The van der Waals surface area contributed by atoms with Crippen LogP contribution in [-0.2, 0) is 22.7 Å².